The zero-order chi connectivity index (χ0) is 21.1. The van der Waals surface area contributed by atoms with Gasteiger partial charge >= 0.3 is 0 Å². The van der Waals surface area contributed by atoms with Crippen molar-refractivity contribution in [1.29, 1.82) is 0 Å². The molecule has 1 amide bonds. The molecular formula is C18H21ClN2O5S2. The predicted molar refractivity (Wildman–Crippen MR) is 109 cm³/mol. The van der Waals surface area contributed by atoms with Crippen LogP contribution in [0.2, 0.25) is 5.02 Å². The molecule has 0 aliphatic heterocycles. The summed E-state index contributed by atoms with van der Waals surface area (Å²) in [5.41, 5.74) is 0.291. The van der Waals surface area contributed by atoms with E-state index in [9.17, 15) is 21.6 Å². The van der Waals surface area contributed by atoms with Gasteiger partial charge in [0, 0.05) is 25.0 Å². The summed E-state index contributed by atoms with van der Waals surface area (Å²) in [6.07, 6.45) is 1.06. The number of carbonyl (C=O) groups excluding carboxylic acids is 1. The maximum Gasteiger partial charge on any atom is 0.261 e. The van der Waals surface area contributed by atoms with Crippen LogP contribution in [0.25, 0.3) is 0 Å². The molecule has 0 saturated carbocycles. The highest BCUT2D eigenvalue weighted by Crippen LogP contribution is 2.24. The first kappa shape index (κ1) is 22.2. The summed E-state index contributed by atoms with van der Waals surface area (Å²) < 4.78 is 50.7. The summed E-state index contributed by atoms with van der Waals surface area (Å²) in [7, 11) is -7.39. The van der Waals surface area contributed by atoms with Crippen LogP contribution in [-0.4, -0.2) is 47.0 Å². The van der Waals surface area contributed by atoms with Crippen molar-refractivity contribution in [3.05, 3.63) is 53.1 Å². The fraction of sp³-hybridized carbons (Fsp3) is 0.278. The second-order valence-corrected chi connectivity index (χ2v) is 10.1. The lowest BCUT2D eigenvalue weighted by molar-refractivity contribution is 0.0773. The number of hydrogen-bond acceptors (Lipinski definition) is 5. The summed E-state index contributed by atoms with van der Waals surface area (Å²) in [5, 5.41) is 0.161. The van der Waals surface area contributed by atoms with E-state index >= 15 is 0 Å². The third-order valence-electron chi connectivity index (χ3n) is 4.06. The molecule has 0 saturated heterocycles. The zero-order valence-corrected chi connectivity index (χ0v) is 18.0. The maximum atomic E-state index is 12.7. The van der Waals surface area contributed by atoms with Gasteiger partial charge in [-0.25, -0.2) is 16.8 Å². The van der Waals surface area contributed by atoms with Gasteiger partial charge in [-0.2, -0.15) is 0 Å². The average molecular weight is 445 g/mol. The number of nitrogens with zero attached hydrogens (tertiary/aromatic N) is 1. The van der Waals surface area contributed by atoms with Crippen molar-refractivity contribution in [2.24, 2.45) is 0 Å². The molecule has 0 heterocycles. The predicted octanol–water partition coefficient (Wildman–Crippen LogP) is 3.03. The maximum absolute atomic E-state index is 12.7. The van der Waals surface area contributed by atoms with Gasteiger partial charge in [-0.3, -0.25) is 9.52 Å². The molecule has 152 valence electrons. The van der Waals surface area contributed by atoms with Crippen molar-refractivity contribution < 1.29 is 21.6 Å². The van der Waals surface area contributed by atoms with Crippen LogP contribution in [0.4, 0.5) is 5.69 Å². The Morgan fingerprint density at radius 3 is 2.00 bits per heavy atom. The lowest BCUT2D eigenvalue weighted by atomic mass is 10.2. The number of rotatable bonds is 7. The van der Waals surface area contributed by atoms with E-state index in [4.69, 9.17) is 11.6 Å². The first-order chi connectivity index (χ1) is 13.0. The van der Waals surface area contributed by atoms with E-state index in [2.05, 4.69) is 4.72 Å². The monoisotopic (exact) mass is 444 g/mol. The van der Waals surface area contributed by atoms with E-state index in [0.29, 0.717) is 13.1 Å². The van der Waals surface area contributed by atoms with Crippen LogP contribution in [0.15, 0.2) is 52.3 Å². The van der Waals surface area contributed by atoms with E-state index in [-0.39, 0.29) is 32.0 Å². The highest BCUT2D eigenvalue weighted by molar-refractivity contribution is 7.92. The number of nitrogens with one attached hydrogen (secondary N) is 1. The average Bonchev–Trinajstić information content (AvgIpc) is 2.62. The lowest BCUT2D eigenvalue weighted by Gasteiger charge is -2.19. The van der Waals surface area contributed by atoms with Gasteiger partial charge in [0.05, 0.1) is 20.4 Å². The Kier molecular flexibility index (Phi) is 6.74. The van der Waals surface area contributed by atoms with Crippen molar-refractivity contribution in [2.75, 3.05) is 24.1 Å². The molecule has 0 aliphatic rings. The zero-order valence-electron chi connectivity index (χ0n) is 15.6. The van der Waals surface area contributed by atoms with Gasteiger partial charge < -0.3 is 4.90 Å². The summed E-state index contributed by atoms with van der Waals surface area (Å²) in [4.78, 5) is 14.1. The van der Waals surface area contributed by atoms with Crippen molar-refractivity contribution in [2.45, 2.75) is 23.6 Å². The summed E-state index contributed by atoms with van der Waals surface area (Å²) in [6, 6.07) is 9.22. The number of anilines is 1. The van der Waals surface area contributed by atoms with Gasteiger partial charge in [0.2, 0.25) is 0 Å². The topological polar surface area (TPSA) is 101 Å². The van der Waals surface area contributed by atoms with Gasteiger partial charge in [-0.15, -0.1) is 0 Å². The fourth-order valence-corrected chi connectivity index (χ4v) is 4.41. The van der Waals surface area contributed by atoms with Crippen LogP contribution in [-0.2, 0) is 19.9 Å². The van der Waals surface area contributed by atoms with Crippen LogP contribution >= 0.6 is 11.6 Å². The van der Waals surface area contributed by atoms with Gasteiger partial charge in [0.25, 0.3) is 15.9 Å². The number of hydrogen-bond donors (Lipinski definition) is 1. The van der Waals surface area contributed by atoms with Crippen molar-refractivity contribution in [1.82, 2.24) is 4.90 Å². The van der Waals surface area contributed by atoms with Gasteiger partial charge in [0.1, 0.15) is 0 Å². The Labute approximate surface area is 170 Å². The Bertz CT molecular complexity index is 1080. The molecule has 0 aliphatic carbocycles. The fourth-order valence-electron chi connectivity index (χ4n) is 2.50. The van der Waals surface area contributed by atoms with Crippen LogP contribution in [0.3, 0.4) is 0 Å². The standard InChI is InChI=1S/C18H21ClN2O5S2/c1-4-21(5-2)18(22)16-12-15(10-11-17(16)19)28(25,26)20-13-6-8-14(9-7-13)27(3,23)24/h6-12,20H,4-5H2,1-3H3. The molecule has 0 fully saturated rings. The highest BCUT2D eigenvalue weighted by Gasteiger charge is 2.21. The summed E-state index contributed by atoms with van der Waals surface area (Å²) in [5.74, 6) is -0.357. The van der Waals surface area contributed by atoms with Crippen molar-refractivity contribution >= 4 is 43.1 Å². The minimum atomic E-state index is -4.00. The van der Waals surface area contributed by atoms with E-state index in [1.54, 1.807) is 0 Å². The second kappa shape index (κ2) is 8.50. The van der Waals surface area contributed by atoms with Crippen molar-refractivity contribution in [3.63, 3.8) is 0 Å². The number of sulfone groups is 1. The second-order valence-electron chi connectivity index (χ2n) is 6.02. The molecule has 0 atom stereocenters. The minimum Gasteiger partial charge on any atom is -0.339 e. The molecule has 2 rings (SSSR count). The summed E-state index contributed by atoms with van der Waals surface area (Å²) in [6.45, 7) is 4.57. The molecule has 28 heavy (non-hydrogen) atoms. The number of amides is 1. The van der Waals surface area contributed by atoms with Gasteiger partial charge in [-0.05, 0) is 56.3 Å². The largest absolute Gasteiger partial charge is 0.339 e. The number of sulfonamides is 1. The third-order valence-corrected chi connectivity index (χ3v) is 6.90. The van der Waals surface area contributed by atoms with E-state index < -0.39 is 19.9 Å². The first-order valence-electron chi connectivity index (χ1n) is 8.41. The number of carbonyl (C=O) groups is 1. The van der Waals surface area contributed by atoms with Crippen LogP contribution < -0.4 is 4.72 Å². The van der Waals surface area contributed by atoms with Gasteiger partial charge in [-0.1, -0.05) is 11.6 Å². The SMILES string of the molecule is CCN(CC)C(=O)c1cc(S(=O)(=O)Nc2ccc(S(C)(=O)=O)cc2)ccc1Cl. The highest BCUT2D eigenvalue weighted by atomic mass is 35.5. The first-order valence-corrected chi connectivity index (χ1v) is 12.2. The molecule has 2 aromatic carbocycles. The molecule has 0 bridgehead atoms. The molecule has 7 nitrogen and oxygen atoms in total. The molecule has 0 radical (unpaired) electrons. The van der Waals surface area contributed by atoms with E-state index in [1.165, 1.54) is 47.4 Å². The van der Waals surface area contributed by atoms with Crippen LogP contribution in [0.1, 0.15) is 24.2 Å². The normalized spacial score (nSPS) is 11.9. The molecule has 0 aromatic heterocycles. The molecule has 1 N–H and O–H groups in total. The van der Waals surface area contributed by atoms with Crippen molar-refractivity contribution in [3.8, 4) is 0 Å². The minimum absolute atomic E-state index is 0.0778. The molecule has 0 unspecified atom stereocenters. The van der Waals surface area contributed by atoms with Crippen LogP contribution in [0.5, 0.6) is 0 Å². The molecular weight excluding hydrogens is 424 g/mol. The molecule has 0 spiro atoms. The smallest absolute Gasteiger partial charge is 0.261 e. The number of halogens is 1. The number of benzene rings is 2. The molecule has 2 aromatic rings. The third kappa shape index (κ3) is 5.03. The van der Waals surface area contributed by atoms with E-state index in [0.717, 1.165) is 6.26 Å². The van der Waals surface area contributed by atoms with Crippen LogP contribution in [0, 0.1) is 0 Å². The molecule has 10 heteroatoms. The Hall–Kier alpha value is -2.10. The Morgan fingerprint density at radius 2 is 1.50 bits per heavy atom. The van der Waals surface area contributed by atoms with E-state index in [1.807, 2.05) is 13.8 Å². The Morgan fingerprint density at radius 1 is 0.964 bits per heavy atom. The Balaban J connectivity index is 2.36. The quantitative estimate of drug-likeness (QED) is 0.707. The lowest BCUT2D eigenvalue weighted by Crippen LogP contribution is -2.30. The summed E-state index contributed by atoms with van der Waals surface area (Å²) >= 11 is 6.10. The van der Waals surface area contributed by atoms with Gasteiger partial charge in [0.15, 0.2) is 9.84 Å².